The van der Waals surface area contributed by atoms with Crippen LogP contribution in [0.3, 0.4) is 0 Å². The van der Waals surface area contributed by atoms with Gasteiger partial charge in [-0.25, -0.2) is 0 Å². The standard InChI is InChI=1S/C16H23N3S/c1-19(12-7-15-4-8-17-9-5-15)13-11-18-10-6-16-3-2-14-20-16/h2-5,8-9,14,18H,6-7,10-13H2,1H3. The van der Waals surface area contributed by atoms with Crippen molar-refractivity contribution in [3.63, 3.8) is 0 Å². The quantitative estimate of drug-likeness (QED) is 0.719. The van der Waals surface area contributed by atoms with Crippen molar-refractivity contribution >= 4 is 11.3 Å². The smallest absolute Gasteiger partial charge is 0.0270 e. The van der Waals surface area contributed by atoms with E-state index < -0.39 is 0 Å². The second-order valence-corrected chi connectivity index (χ2v) is 6.02. The topological polar surface area (TPSA) is 28.2 Å². The Morgan fingerprint density at radius 3 is 2.70 bits per heavy atom. The van der Waals surface area contributed by atoms with Crippen molar-refractivity contribution in [2.45, 2.75) is 12.8 Å². The van der Waals surface area contributed by atoms with Crippen LogP contribution in [0.4, 0.5) is 0 Å². The summed E-state index contributed by atoms with van der Waals surface area (Å²) in [6, 6.07) is 8.50. The minimum Gasteiger partial charge on any atom is -0.315 e. The van der Waals surface area contributed by atoms with Crippen molar-refractivity contribution in [2.75, 3.05) is 33.2 Å². The molecule has 0 radical (unpaired) electrons. The highest BCUT2D eigenvalue weighted by atomic mass is 32.1. The van der Waals surface area contributed by atoms with E-state index in [1.165, 1.54) is 10.4 Å². The van der Waals surface area contributed by atoms with Crippen LogP contribution >= 0.6 is 11.3 Å². The van der Waals surface area contributed by atoms with Gasteiger partial charge in [0.2, 0.25) is 0 Å². The molecule has 0 saturated heterocycles. The van der Waals surface area contributed by atoms with Gasteiger partial charge in [0, 0.05) is 43.4 Å². The van der Waals surface area contributed by atoms with Gasteiger partial charge < -0.3 is 10.2 Å². The predicted molar refractivity (Wildman–Crippen MR) is 86.3 cm³/mol. The highest BCUT2D eigenvalue weighted by molar-refractivity contribution is 7.09. The van der Waals surface area contributed by atoms with Gasteiger partial charge in [-0.2, -0.15) is 0 Å². The molecule has 3 nitrogen and oxygen atoms in total. The normalized spacial score (nSPS) is 11.1. The average Bonchev–Trinajstić information content (AvgIpc) is 2.99. The fraction of sp³-hybridized carbons (Fsp3) is 0.438. The first kappa shape index (κ1) is 15.2. The van der Waals surface area contributed by atoms with E-state index in [1.54, 1.807) is 0 Å². The number of pyridine rings is 1. The van der Waals surface area contributed by atoms with Crippen LogP contribution in [0.2, 0.25) is 0 Å². The monoisotopic (exact) mass is 289 g/mol. The van der Waals surface area contributed by atoms with Crippen LogP contribution in [0.25, 0.3) is 0 Å². The first-order chi connectivity index (χ1) is 9.84. The van der Waals surface area contributed by atoms with Crippen LogP contribution in [0.15, 0.2) is 42.0 Å². The minimum absolute atomic E-state index is 1.05. The molecular weight excluding hydrogens is 266 g/mol. The Balaban J connectivity index is 1.51. The van der Waals surface area contributed by atoms with Gasteiger partial charge in [0.15, 0.2) is 0 Å². The summed E-state index contributed by atoms with van der Waals surface area (Å²) in [4.78, 5) is 7.88. The molecule has 0 aliphatic carbocycles. The molecule has 0 saturated carbocycles. The van der Waals surface area contributed by atoms with Crippen LogP contribution < -0.4 is 5.32 Å². The van der Waals surface area contributed by atoms with Gasteiger partial charge >= 0.3 is 0 Å². The highest BCUT2D eigenvalue weighted by Gasteiger charge is 1.99. The number of likely N-dealkylation sites (N-methyl/N-ethyl adjacent to an activating group) is 1. The number of hydrogen-bond donors (Lipinski definition) is 1. The van der Waals surface area contributed by atoms with Crippen LogP contribution in [0, 0.1) is 0 Å². The van der Waals surface area contributed by atoms with E-state index in [2.05, 4.69) is 51.9 Å². The molecule has 0 atom stereocenters. The molecule has 0 aromatic carbocycles. The van der Waals surface area contributed by atoms with E-state index in [0.717, 1.165) is 39.0 Å². The molecule has 1 N–H and O–H groups in total. The Morgan fingerprint density at radius 2 is 1.95 bits per heavy atom. The van der Waals surface area contributed by atoms with Gasteiger partial charge in [-0.05, 0) is 49.0 Å². The summed E-state index contributed by atoms with van der Waals surface area (Å²) in [5.74, 6) is 0. The molecule has 20 heavy (non-hydrogen) atoms. The maximum absolute atomic E-state index is 4.04. The summed E-state index contributed by atoms with van der Waals surface area (Å²) in [6.07, 6.45) is 5.95. The van der Waals surface area contributed by atoms with E-state index >= 15 is 0 Å². The second kappa shape index (κ2) is 8.84. The molecule has 2 aromatic rings. The molecule has 0 spiro atoms. The summed E-state index contributed by atoms with van der Waals surface area (Å²) in [5.41, 5.74) is 1.36. The van der Waals surface area contributed by atoms with E-state index in [0.29, 0.717) is 0 Å². The summed E-state index contributed by atoms with van der Waals surface area (Å²) in [5, 5.41) is 5.65. The number of rotatable bonds is 9. The number of thiophene rings is 1. The summed E-state index contributed by atoms with van der Waals surface area (Å²) >= 11 is 1.84. The molecule has 2 aromatic heterocycles. The van der Waals surface area contributed by atoms with Crippen LogP contribution in [-0.4, -0.2) is 43.1 Å². The van der Waals surface area contributed by atoms with Gasteiger partial charge in [-0.3, -0.25) is 4.98 Å². The van der Waals surface area contributed by atoms with E-state index in [9.17, 15) is 0 Å². The Bertz CT molecular complexity index is 456. The third-order valence-electron chi connectivity index (χ3n) is 3.33. The van der Waals surface area contributed by atoms with Crippen molar-refractivity contribution in [3.05, 3.63) is 52.5 Å². The largest absolute Gasteiger partial charge is 0.315 e. The molecule has 2 rings (SSSR count). The summed E-state index contributed by atoms with van der Waals surface area (Å²) < 4.78 is 0. The lowest BCUT2D eigenvalue weighted by atomic mass is 10.2. The Labute approximate surface area is 125 Å². The number of hydrogen-bond acceptors (Lipinski definition) is 4. The zero-order valence-corrected chi connectivity index (χ0v) is 12.9. The third kappa shape index (κ3) is 5.82. The first-order valence-electron chi connectivity index (χ1n) is 7.15. The molecule has 108 valence electrons. The molecule has 0 amide bonds. The van der Waals surface area contributed by atoms with Gasteiger partial charge in [-0.1, -0.05) is 6.07 Å². The van der Waals surface area contributed by atoms with Crippen LogP contribution in [0.5, 0.6) is 0 Å². The predicted octanol–water partition coefficient (Wildman–Crippen LogP) is 2.45. The van der Waals surface area contributed by atoms with Gasteiger partial charge in [0.25, 0.3) is 0 Å². The lowest BCUT2D eigenvalue weighted by molar-refractivity contribution is 0.336. The lowest BCUT2D eigenvalue weighted by Gasteiger charge is -2.16. The maximum Gasteiger partial charge on any atom is 0.0270 e. The zero-order valence-electron chi connectivity index (χ0n) is 12.1. The van der Waals surface area contributed by atoms with Gasteiger partial charge in [0.05, 0.1) is 0 Å². The van der Waals surface area contributed by atoms with Crippen molar-refractivity contribution in [2.24, 2.45) is 0 Å². The second-order valence-electron chi connectivity index (χ2n) is 4.99. The van der Waals surface area contributed by atoms with Gasteiger partial charge in [0.1, 0.15) is 0 Å². The molecule has 0 aliphatic heterocycles. The van der Waals surface area contributed by atoms with Crippen LogP contribution in [0.1, 0.15) is 10.4 Å². The summed E-state index contributed by atoms with van der Waals surface area (Å²) in [6.45, 7) is 4.31. The van der Waals surface area contributed by atoms with Gasteiger partial charge in [-0.15, -0.1) is 11.3 Å². The number of nitrogens with zero attached hydrogens (tertiary/aromatic N) is 2. The van der Waals surface area contributed by atoms with Crippen molar-refractivity contribution in [1.29, 1.82) is 0 Å². The minimum atomic E-state index is 1.05. The highest BCUT2D eigenvalue weighted by Crippen LogP contribution is 2.07. The van der Waals surface area contributed by atoms with Crippen molar-refractivity contribution in [3.8, 4) is 0 Å². The summed E-state index contributed by atoms with van der Waals surface area (Å²) in [7, 11) is 2.18. The van der Waals surface area contributed by atoms with Crippen molar-refractivity contribution in [1.82, 2.24) is 15.2 Å². The molecule has 0 bridgehead atoms. The molecule has 2 heterocycles. The molecule has 0 fully saturated rings. The van der Waals surface area contributed by atoms with E-state index in [1.807, 2.05) is 23.7 Å². The first-order valence-corrected chi connectivity index (χ1v) is 8.03. The fourth-order valence-electron chi connectivity index (χ4n) is 2.04. The Morgan fingerprint density at radius 1 is 1.10 bits per heavy atom. The lowest BCUT2D eigenvalue weighted by Crippen LogP contribution is -2.31. The Kier molecular flexibility index (Phi) is 6.71. The van der Waals surface area contributed by atoms with E-state index in [4.69, 9.17) is 0 Å². The maximum atomic E-state index is 4.04. The number of nitrogens with one attached hydrogen (secondary N) is 1. The number of aromatic nitrogens is 1. The molecule has 0 unspecified atom stereocenters. The Hall–Kier alpha value is -1.23. The van der Waals surface area contributed by atoms with Crippen LogP contribution in [-0.2, 0) is 12.8 Å². The molecule has 0 aliphatic rings. The molecule has 4 heteroatoms. The SMILES string of the molecule is CN(CCNCCc1cccs1)CCc1ccncc1. The van der Waals surface area contributed by atoms with E-state index in [-0.39, 0.29) is 0 Å². The average molecular weight is 289 g/mol. The van der Waals surface area contributed by atoms with Crippen molar-refractivity contribution < 1.29 is 0 Å². The third-order valence-corrected chi connectivity index (χ3v) is 4.27. The molecular formula is C16H23N3S. The fourth-order valence-corrected chi connectivity index (χ4v) is 2.75. The zero-order chi connectivity index (χ0) is 14.0.